The van der Waals surface area contributed by atoms with Crippen molar-refractivity contribution in [1.29, 1.82) is 0 Å². The SMILES string of the molecule is Cn1c(=O)c2c(n(C)c1=O)=NC(=O)CN=2. The van der Waals surface area contributed by atoms with Gasteiger partial charge >= 0.3 is 5.69 Å². The molecule has 0 saturated carbocycles. The number of aromatic nitrogens is 2. The molecule has 0 radical (unpaired) electrons. The quantitative estimate of drug-likeness (QED) is 0.451. The Labute approximate surface area is 83.0 Å². The van der Waals surface area contributed by atoms with Crippen LogP contribution < -0.4 is 22.1 Å². The zero-order valence-electron chi connectivity index (χ0n) is 8.22. The first kappa shape index (κ1) is 9.50. The van der Waals surface area contributed by atoms with Crippen LogP contribution in [0, 0.1) is 0 Å². The van der Waals surface area contributed by atoms with Gasteiger partial charge in [0.1, 0.15) is 6.54 Å². The molecule has 0 aliphatic carbocycles. The van der Waals surface area contributed by atoms with Crippen LogP contribution in [-0.4, -0.2) is 21.6 Å². The van der Waals surface area contributed by atoms with Gasteiger partial charge in [-0.2, -0.15) is 4.99 Å². The second-order valence-electron chi connectivity index (χ2n) is 3.20. The van der Waals surface area contributed by atoms with E-state index in [-0.39, 0.29) is 17.4 Å². The number of rotatable bonds is 0. The van der Waals surface area contributed by atoms with Crippen molar-refractivity contribution in [2.45, 2.75) is 0 Å². The molecule has 7 heteroatoms. The van der Waals surface area contributed by atoms with Crippen LogP contribution in [0.4, 0.5) is 0 Å². The molecule has 1 aliphatic rings. The molecule has 1 aromatic heterocycles. The van der Waals surface area contributed by atoms with Gasteiger partial charge in [0.15, 0.2) is 10.8 Å². The summed E-state index contributed by atoms with van der Waals surface area (Å²) in [6.45, 7) is -0.138. The van der Waals surface area contributed by atoms with Crippen LogP contribution in [0.15, 0.2) is 19.6 Å². The number of carbonyl (C=O) groups excluding carboxylic acids is 1. The second kappa shape index (κ2) is 2.97. The van der Waals surface area contributed by atoms with Gasteiger partial charge in [-0.05, 0) is 0 Å². The Morgan fingerprint density at radius 3 is 2.47 bits per heavy atom. The molecule has 0 aromatic carbocycles. The third-order valence-electron chi connectivity index (χ3n) is 2.21. The first-order valence-corrected chi connectivity index (χ1v) is 4.24. The van der Waals surface area contributed by atoms with Gasteiger partial charge in [-0.15, -0.1) is 0 Å². The van der Waals surface area contributed by atoms with Gasteiger partial charge in [0.25, 0.3) is 11.5 Å². The maximum Gasteiger partial charge on any atom is 0.332 e. The molecule has 0 N–H and O–H groups in total. The predicted octanol–water partition coefficient (Wildman–Crippen LogP) is -3.14. The molecule has 0 atom stereocenters. The van der Waals surface area contributed by atoms with E-state index < -0.39 is 17.2 Å². The van der Waals surface area contributed by atoms with Crippen molar-refractivity contribution in [3.63, 3.8) is 0 Å². The van der Waals surface area contributed by atoms with Crippen LogP contribution in [0.1, 0.15) is 0 Å². The summed E-state index contributed by atoms with van der Waals surface area (Å²) in [5.74, 6) is -0.453. The van der Waals surface area contributed by atoms with E-state index in [1.807, 2.05) is 0 Å². The number of fused-ring (bicyclic) bond motifs is 1. The molecule has 1 aromatic rings. The molecular formula is C8H8N4O3. The topological polar surface area (TPSA) is 85.8 Å². The van der Waals surface area contributed by atoms with E-state index in [4.69, 9.17) is 0 Å². The van der Waals surface area contributed by atoms with Crippen LogP contribution in [0.3, 0.4) is 0 Å². The Bertz CT molecular complexity index is 680. The number of amides is 1. The van der Waals surface area contributed by atoms with Crippen LogP contribution in [0.5, 0.6) is 0 Å². The van der Waals surface area contributed by atoms with Crippen molar-refractivity contribution in [3.05, 3.63) is 31.7 Å². The molecule has 0 unspecified atom stereocenters. The van der Waals surface area contributed by atoms with E-state index >= 15 is 0 Å². The van der Waals surface area contributed by atoms with Crippen molar-refractivity contribution in [2.24, 2.45) is 24.1 Å². The summed E-state index contributed by atoms with van der Waals surface area (Å²) in [5, 5.41) is 0.0687. The van der Waals surface area contributed by atoms with Crippen molar-refractivity contribution in [2.75, 3.05) is 6.54 Å². The average Bonchev–Trinajstić information content (AvgIpc) is 2.23. The van der Waals surface area contributed by atoms with Crippen molar-refractivity contribution in [1.82, 2.24) is 9.13 Å². The normalized spacial score (nSPS) is 14.1. The lowest BCUT2D eigenvalue weighted by Crippen LogP contribution is -2.58. The molecule has 1 aliphatic heterocycles. The Hall–Kier alpha value is -2.05. The van der Waals surface area contributed by atoms with E-state index in [1.165, 1.54) is 14.1 Å². The minimum atomic E-state index is -0.524. The fourth-order valence-corrected chi connectivity index (χ4v) is 1.38. The lowest BCUT2D eigenvalue weighted by Gasteiger charge is -2.04. The van der Waals surface area contributed by atoms with E-state index in [0.717, 1.165) is 9.13 Å². The van der Waals surface area contributed by atoms with Crippen LogP contribution >= 0.6 is 0 Å². The van der Waals surface area contributed by atoms with Crippen molar-refractivity contribution < 1.29 is 4.79 Å². The smallest absolute Gasteiger partial charge is 0.279 e. The second-order valence-corrected chi connectivity index (χ2v) is 3.20. The monoisotopic (exact) mass is 208 g/mol. The largest absolute Gasteiger partial charge is 0.332 e. The van der Waals surface area contributed by atoms with E-state index in [9.17, 15) is 14.4 Å². The molecule has 0 spiro atoms. The molecule has 78 valence electrons. The Kier molecular flexibility index (Phi) is 1.88. The van der Waals surface area contributed by atoms with Crippen LogP contribution in [0.25, 0.3) is 0 Å². The first-order valence-electron chi connectivity index (χ1n) is 4.24. The third-order valence-corrected chi connectivity index (χ3v) is 2.21. The zero-order valence-corrected chi connectivity index (χ0v) is 8.22. The summed E-state index contributed by atoms with van der Waals surface area (Å²) >= 11 is 0. The molecule has 7 nitrogen and oxygen atoms in total. The molecule has 15 heavy (non-hydrogen) atoms. The summed E-state index contributed by atoms with van der Waals surface area (Å²) in [4.78, 5) is 41.5. The highest BCUT2D eigenvalue weighted by Crippen LogP contribution is 1.76. The number of hydrogen-bond donors (Lipinski definition) is 0. The molecule has 0 bridgehead atoms. The number of hydrogen-bond acceptors (Lipinski definition) is 4. The van der Waals surface area contributed by atoms with Gasteiger partial charge < -0.3 is 0 Å². The average molecular weight is 208 g/mol. The summed E-state index contributed by atoms with van der Waals surface area (Å²) in [6, 6.07) is 0. The number of nitrogens with zero attached hydrogens (tertiary/aromatic N) is 4. The maximum absolute atomic E-state index is 11.6. The number of carbonyl (C=O) groups is 1. The van der Waals surface area contributed by atoms with Gasteiger partial charge in [-0.25, -0.2) is 4.79 Å². The van der Waals surface area contributed by atoms with Crippen LogP contribution in [0.2, 0.25) is 0 Å². The van der Waals surface area contributed by atoms with Gasteiger partial charge in [0.2, 0.25) is 0 Å². The van der Waals surface area contributed by atoms with Crippen molar-refractivity contribution >= 4 is 5.91 Å². The minimum absolute atomic E-state index is 0.0411. The van der Waals surface area contributed by atoms with E-state index in [1.54, 1.807) is 0 Å². The Morgan fingerprint density at radius 2 is 1.80 bits per heavy atom. The lowest BCUT2D eigenvalue weighted by molar-refractivity contribution is -0.117. The lowest BCUT2D eigenvalue weighted by atomic mass is 10.4. The summed E-state index contributed by atoms with van der Waals surface area (Å²) < 4.78 is 2.07. The van der Waals surface area contributed by atoms with Crippen molar-refractivity contribution in [3.8, 4) is 0 Å². The van der Waals surface area contributed by atoms with Gasteiger partial charge in [-0.1, -0.05) is 0 Å². The summed E-state index contributed by atoms with van der Waals surface area (Å²) in [7, 11) is 2.80. The molecular weight excluding hydrogens is 200 g/mol. The predicted molar refractivity (Wildman–Crippen MR) is 49.1 cm³/mol. The standard InChI is InChI=1S/C8H8N4O3/c1-11-6-5(9-3-4(13)10-6)7(14)12(2)8(11)15/h3H2,1-2H3. The van der Waals surface area contributed by atoms with E-state index in [2.05, 4.69) is 9.98 Å². The highest BCUT2D eigenvalue weighted by molar-refractivity contribution is 5.79. The Balaban J connectivity index is 3.17. The summed E-state index contributed by atoms with van der Waals surface area (Å²) in [5.41, 5.74) is -1.00. The van der Waals surface area contributed by atoms with E-state index in [0.29, 0.717) is 0 Å². The molecule has 0 saturated heterocycles. The highest BCUT2D eigenvalue weighted by atomic mass is 16.2. The Morgan fingerprint density at radius 1 is 1.13 bits per heavy atom. The highest BCUT2D eigenvalue weighted by Gasteiger charge is 2.12. The fourth-order valence-electron chi connectivity index (χ4n) is 1.38. The molecule has 0 fully saturated rings. The zero-order chi connectivity index (χ0) is 11.2. The van der Waals surface area contributed by atoms with Crippen LogP contribution in [-0.2, 0) is 18.9 Å². The van der Waals surface area contributed by atoms with Gasteiger partial charge in [-0.3, -0.25) is 23.7 Å². The fraction of sp³-hybridized carbons (Fsp3) is 0.375. The molecule has 2 heterocycles. The first-order chi connectivity index (χ1) is 7.02. The third kappa shape index (κ3) is 1.24. The maximum atomic E-state index is 11.6. The summed E-state index contributed by atoms with van der Waals surface area (Å²) in [6.07, 6.45) is 0. The van der Waals surface area contributed by atoms with Gasteiger partial charge in [0, 0.05) is 14.1 Å². The molecule has 1 amide bonds. The molecule has 2 rings (SSSR count). The minimum Gasteiger partial charge on any atom is -0.279 e. The van der Waals surface area contributed by atoms with Gasteiger partial charge in [0.05, 0.1) is 0 Å².